The van der Waals surface area contributed by atoms with Gasteiger partial charge in [0.05, 0.1) is 12.8 Å². The lowest BCUT2D eigenvalue weighted by Gasteiger charge is -2.06. The van der Waals surface area contributed by atoms with E-state index in [1.54, 1.807) is 24.3 Å². The summed E-state index contributed by atoms with van der Waals surface area (Å²) in [7, 11) is 1.52. The first-order valence-corrected chi connectivity index (χ1v) is 6.75. The fourth-order valence-electron chi connectivity index (χ4n) is 1.44. The average molecular weight is 324 g/mol. The molecule has 0 bridgehead atoms. The number of nitrogens with zero attached hydrogens (tertiary/aromatic N) is 3. The smallest absolute Gasteiger partial charge is 0.380 e. The second kappa shape index (κ2) is 5.85. The van der Waals surface area contributed by atoms with Gasteiger partial charge >= 0.3 is 5.69 Å². The Morgan fingerprint density at radius 3 is 2.53 bits per heavy atom. The standard InChI is InChI=1S/C10H8Cl2FN3O2S/c1-18-7-4-2-6(3-5-7)15-9(19-8(11)12)14-16(13)10(15)17/h2-5,8H,1H3. The van der Waals surface area contributed by atoms with Gasteiger partial charge in [-0.25, -0.2) is 9.36 Å². The van der Waals surface area contributed by atoms with E-state index in [-0.39, 0.29) is 10.1 Å². The molecule has 102 valence electrons. The zero-order valence-electron chi connectivity index (χ0n) is 9.59. The van der Waals surface area contributed by atoms with Gasteiger partial charge in [-0.1, -0.05) is 27.7 Å². The van der Waals surface area contributed by atoms with Crippen LogP contribution in [-0.4, -0.2) is 25.8 Å². The Kier molecular flexibility index (Phi) is 4.38. The minimum atomic E-state index is -0.929. The van der Waals surface area contributed by atoms with Gasteiger partial charge in [-0.15, -0.1) is 5.10 Å². The quantitative estimate of drug-likeness (QED) is 0.641. The van der Waals surface area contributed by atoms with Crippen LogP contribution in [0.4, 0.5) is 4.48 Å². The molecule has 0 aliphatic carbocycles. The molecule has 0 aliphatic rings. The minimum Gasteiger partial charge on any atom is -0.497 e. The van der Waals surface area contributed by atoms with E-state index < -0.39 is 9.86 Å². The first-order valence-electron chi connectivity index (χ1n) is 5.00. The normalized spacial score (nSPS) is 11.0. The Labute approximate surface area is 121 Å². The maximum Gasteiger partial charge on any atom is 0.380 e. The zero-order valence-corrected chi connectivity index (χ0v) is 11.9. The number of rotatable bonds is 4. The maximum absolute atomic E-state index is 13.2. The monoisotopic (exact) mass is 323 g/mol. The number of methoxy groups -OCH3 is 1. The number of alkyl halides is 2. The molecule has 1 aromatic heterocycles. The van der Waals surface area contributed by atoms with Crippen LogP contribution in [0.2, 0.25) is 0 Å². The summed E-state index contributed by atoms with van der Waals surface area (Å²) in [5.74, 6) is 0.617. The van der Waals surface area contributed by atoms with Gasteiger partial charge in [0.1, 0.15) is 5.75 Å². The van der Waals surface area contributed by atoms with Crippen LogP contribution in [-0.2, 0) is 0 Å². The predicted octanol–water partition coefficient (Wildman–Crippen LogP) is 2.63. The molecule has 5 nitrogen and oxygen atoms in total. The molecule has 0 fully saturated rings. The first-order chi connectivity index (χ1) is 9.02. The topological polar surface area (TPSA) is 49.0 Å². The minimum absolute atomic E-state index is 0.0627. The first kappa shape index (κ1) is 14.2. The van der Waals surface area contributed by atoms with Gasteiger partial charge in [0.2, 0.25) is 5.16 Å². The van der Waals surface area contributed by atoms with Crippen molar-refractivity contribution in [3.05, 3.63) is 34.7 Å². The Morgan fingerprint density at radius 2 is 2.00 bits per heavy atom. The number of halogens is 3. The van der Waals surface area contributed by atoms with Crippen molar-refractivity contribution in [2.45, 2.75) is 9.32 Å². The highest BCUT2D eigenvalue weighted by atomic mass is 35.5. The van der Waals surface area contributed by atoms with Crippen molar-refractivity contribution < 1.29 is 9.22 Å². The Morgan fingerprint density at radius 1 is 1.37 bits per heavy atom. The lowest BCUT2D eigenvalue weighted by molar-refractivity contribution is 0.296. The van der Waals surface area contributed by atoms with Crippen molar-refractivity contribution in [2.75, 3.05) is 7.11 Å². The molecule has 9 heteroatoms. The summed E-state index contributed by atoms with van der Waals surface area (Å²) in [5.41, 5.74) is -0.493. The van der Waals surface area contributed by atoms with Crippen molar-refractivity contribution in [3.63, 3.8) is 0 Å². The molecule has 2 rings (SSSR count). The van der Waals surface area contributed by atoms with Gasteiger partial charge in [-0.2, -0.15) is 0 Å². The molecule has 0 radical (unpaired) electrons. The van der Waals surface area contributed by atoms with E-state index in [0.717, 1.165) is 16.3 Å². The van der Waals surface area contributed by atoms with E-state index in [1.807, 2.05) is 0 Å². The molecule has 2 aromatic rings. The fourth-order valence-corrected chi connectivity index (χ4v) is 2.48. The molecular formula is C10H8Cl2FN3O2S. The van der Waals surface area contributed by atoms with Crippen LogP contribution in [0.5, 0.6) is 5.75 Å². The number of thioether (sulfide) groups is 1. The van der Waals surface area contributed by atoms with Gasteiger partial charge < -0.3 is 4.74 Å². The second-order valence-electron chi connectivity index (χ2n) is 3.34. The van der Waals surface area contributed by atoms with Gasteiger partial charge in [0.15, 0.2) is 4.17 Å². The van der Waals surface area contributed by atoms with Gasteiger partial charge in [-0.05, 0) is 40.9 Å². The molecule has 0 unspecified atom stereocenters. The van der Waals surface area contributed by atoms with Crippen molar-refractivity contribution in [3.8, 4) is 11.4 Å². The largest absolute Gasteiger partial charge is 0.497 e. The molecule has 0 N–H and O–H groups in total. The summed E-state index contributed by atoms with van der Waals surface area (Å²) in [6.45, 7) is 0. The summed E-state index contributed by atoms with van der Waals surface area (Å²) in [4.78, 5) is 11.4. The van der Waals surface area contributed by atoms with E-state index >= 15 is 0 Å². The maximum atomic E-state index is 13.2. The van der Waals surface area contributed by atoms with E-state index in [1.165, 1.54) is 7.11 Å². The van der Waals surface area contributed by atoms with Crippen LogP contribution in [0.3, 0.4) is 0 Å². The molecule has 0 amide bonds. The Hall–Kier alpha value is -1.18. The van der Waals surface area contributed by atoms with Crippen LogP contribution in [0.1, 0.15) is 0 Å². The molecular weight excluding hydrogens is 316 g/mol. The highest BCUT2D eigenvalue weighted by Gasteiger charge is 2.18. The van der Waals surface area contributed by atoms with Crippen LogP contribution in [0.15, 0.2) is 34.2 Å². The van der Waals surface area contributed by atoms with Gasteiger partial charge in [0, 0.05) is 0 Å². The van der Waals surface area contributed by atoms with Crippen molar-refractivity contribution in [2.24, 2.45) is 0 Å². The Bertz CT molecular complexity index is 627. The molecule has 0 spiro atoms. The number of ether oxygens (including phenoxy) is 1. The van der Waals surface area contributed by atoms with E-state index in [4.69, 9.17) is 27.9 Å². The van der Waals surface area contributed by atoms with Crippen LogP contribution >= 0.6 is 35.0 Å². The zero-order chi connectivity index (χ0) is 14.0. The third-order valence-corrected chi connectivity index (χ3v) is 3.43. The summed E-state index contributed by atoms with van der Waals surface area (Å²) >= 11 is 12.1. The highest BCUT2D eigenvalue weighted by Crippen LogP contribution is 2.28. The summed E-state index contributed by atoms with van der Waals surface area (Å²) in [6.07, 6.45) is 0. The predicted molar refractivity (Wildman–Crippen MR) is 72.2 cm³/mol. The van der Waals surface area contributed by atoms with Crippen molar-refractivity contribution in [1.29, 1.82) is 0 Å². The molecule has 0 atom stereocenters. The molecule has 19 heavy (non-hydrogen) atoms. The summed E-state index contributed by atoms with van der Waals surface area (Å²) in [5, 5.41) is 3.50. The van der Waals surface area contributed by atoms with E-state index in [9.17, 15) is 9.28 Å². The third-order valence-electron chi connectivity index (χ3n) is 2.24. The number of hydrogen-bond acceptors (Lipinski definition) is 4. The fraction of sp³-hybridized carbons (Fsp3) is 0.200. The molecule has 0 saturated heterocycles. The lowest BCUT2D eigenvalue weighted by Crippen LogP contribution is -2.19. The van der Waals surface area contributed by atoms with Gasteiger partial charge in [0.25, 0.3) is 0 Å². The molecule has 1 aromatic carbocycles. The number of aromatic nitrogens is 3. The van der Waals surface area contributed by atoms with Crippen LogP contribution < -0.4 is 10.4 Å². The van der Waals surface area contributed by atoms with Crippen molar-refractivity contribution in [1.82, 2.24) is 14.6 Å². The molecule has 0 saturated carbocycles. The van der Waals surface area contributed by atoms with Crippen LogP contribution in [0, 0.1) is 0 Å². The molecule has 0 aliphatic heterocycles. The SMILES string of the molecule is COc1ccc(-n2c(SC(Cl)Cl)nn(F)c2=O)cc1. The van der Waals surface area contributed by atoms with Crippen LogP contribution in [0.25, 0.3) is 5.69 Å². The van der Waals surface area contributed by atoms with E-state index in [2.05, 4.69) is 5.10 Å². The second-order valence-corrected chi connectivity index (χ2v) is 6.02. The highest BCUT2D eigenvalue weighted by molar-refractivity contribution is 8.02. The van der Waals surface area contributed by atoms with Gasteiger partial charge in [-0.3, -0.25) is 0 Å². The average Bonchev–Trinajstić information content (AvgIpc) is 2.64. The lowest BCUT2D eigenvalue weighted by atomic mass is 10.3. The molecule has 1 heterocycles. The Balaban J connectivity index is 2.50. The number of benzene rings is 1. The summed E-state index contributed by atoms with van der Waals surface area (Å²) in [6, 6.07) is 6.49. The third kappa shape index (κ3) is 3.05. The summed E-state index contributed by atoms with van der Waals surface area (Å²) < 4.78 is 18.4. The number of hydrogen-bond donors (Lipinski definition) is 0. The van der Waals surface area contributed by atoms with E-state index in [0.29, 0.717) is 11.4 Å². The van der Waals surface area contributed by atoms with Crippen molar-refractivity contribution >= 4 is 35.0 Å².